The highest BCUT2D eigenvalue weighted by Gasteiger charge is 2.13. The summed E-state index contributed by atoms with van der Waals surface area (Å²) < 4.78 is 9.01. The van der Waals surface area contributed by atoms with Crippen LogP contribution in [0.5, 0.6) is 0 Å². The summed E-state index contributed by atoms with van der Waals surface area (Å²) >= 11 is 0. The molecule has 0 fully saturated rings. The first-order valence-electron chi connectivity index (χ1n) is 4.49. The Bertz CT molecular complexity index is 230. The fourth-order valence-electron chi connectivity index (χ4n) is 0.905. The van der Waals surface area contributed by atoms with Crippen molar-refractivity contribution in [2.75, 3.05) is 14.2 Å². The van der Waals surface area contributed by atoms with Crippen molar-refractivity contribution >= 4 is 11.9 Å². The third kappa shape index (κ3) is 4.64. The normalized spacial score (nSPS) is 10.9. The van der Waals surface area contributed by atoms with Crippen molar-refractivity contribution in [1.29, 1.82) is 0 Å². The molecule has 0 aromatic carbocycles. The molecule has 0 heterocycles. The van der Waals surface area contributed by atoms with Crippen LogP contribution in [0.2, 0.25) is 0 Å². The molecule has 0 atom stereocenters. The molecule has 0 rings (SSSR count). The minimum absolute atomic E-state index is 0.0246. The lowest BCUT2D eigenvalue weighted by Gasteiger charge is -2.03. The molecular weight excluding hydrogens is 184 g/mol. The molecule has 0 saturated carbocycles. The predicted octanol–water partition coefficient (Wildman–Crippen LogP) is 1.45. The highest BCUT2D eigenvalue weighted by molar-refractivity contribution is 5.93. The van der Waals surface area contributed by atoms with Crippen LogP contribution in [0.3, 0.4) is 0 Å². The number of allylic oxidation sites excluding steroid dienone is 1. The van der Waals surface area contributed by atoms with Crippen molar-refractivity contribution in [3.8, 4) is 0 Å². The Labute approximate surface area is 83.9 Å². The molecule has 0 unspecified atom stereocenters. The van der Waals surface area contributed by atoms with Crippen LogP contribution in [0.25, 0.3) is 0 Å². The zero-order valence-electron chi connectivity index (χ0n) is 8.83. The molecule has 0 radical (unpaired) electrons. The number of carbonyl (C=O) groups excluding carboxylic acids is 2. The van der Waals surface area contributed by atoms with E-state index in [4.69, 9.17) is 0 Å². The zero-order valence-corrected chi connectivity index (χ0v) is 8.83. The monoisotopic (exact) mass is 200 g/mol. The summed E-state index contributed by atoms with van der Waals surface area (Å²) in [5.41, 5.74) is 0.362. The fraction of sp³-hybridized carbons (Fsp3) is 0.600. The number of ether oxygens (including phenoxy) is 2. The Morgan fingerprint density at radius 1 is 1.21 bits per heavy atom. The summed E-state index contributed by atoms with van der Waals surface area (Å²) in [6.07, 6.45) is 3.36. The van der Waals surface area contributed by atoms with E-state index < -0.39 is 11.9 Å². The van der Waals surface area contributed by atoms with Crippen molar-refractivity contribution in [1.82, 2.24) is 0 Å². The van der Waals surface area contributed by atoms with Crippen molar-refractivity contribution in [3.05, 3.63) is 11.6 Å². The van der Waals surface area contributed by atoms with Gasteiger partial charge >= 0.3 is 11.9 Å². The topological polar surface area (TPSA) is 52.6 Å². The van der Waals surface area contributed by atoms with Gasteiger partial charge in [-0.15, -0.1) is 0 Å². The molecule has 0 aliphatic rings. The molecule has 0 saturated heterocycles. The van der Waals surface area contributed by atoms with E-state index in [1.54, 1.807) is 6.08 Å². The Kier molecular flexibility index (Phi) is 6.45. The lowest BCUT2D eigenvalue weighted by Crippen LogP contribution is -2.11. The smallest absolute Gasteiger partial charge is 0.333 e. The summed E-state index contributed by atoms with van der Waals surface area (Å²) in [6.45, 7) is 1.99. The third-order valence-electron chi connectivity index (χ3n) is 1.69. The standard InChI is InChI=1S/C10H16O4/c1-4-5-6-8(10(12)14-3)7-9(11)13-2/h6H,4-5,7H2,1-3H3/b8-6-. The average Bonchev–Trinajstić information content (AvgIpc) is 2.22. The van der Waals surface area contributed by atoms with Gasteiger partial charge in [0, 0.05) is 5.57 Å². The minimum atomic E-state index is -0.469. The number of hydrogen-bond donors (Lipinski definition) is 0. The Morgan fingerprint density at radius 2 is 1.86 bits per heavy atom. The molecule has 4 heteroatoms. The lowest BCUT2D eigenvalue weighted by molar-refractivity contribution is -0.143. The number of hydrogen-bond acceptors (Lipinski definition) is 4. The summed E-state index contributed by atoms with van der Waals surface area (Å²) in [5, 5.41) is 0. The maximum Gasteiger partial charge on any atom is 0.333 e. The SMILES string of the molecule is CCC/C=C(/CC(=O)OC)C(=O)OC. The number of rotatable bonds is 5. The van der Waals surface area contributed by atoms with Crippen molar-refractivity contribution in [2.45, 2.75) is 26.2 Å². The van der Waals surface area contributed by atoms with Gasteiger partial charge in [0.25, 0.3) is 0 Å². The molecule has 14 heavy (non-hydrogen) atoms. The molecule has 0 N–H and O–H groups in total. The van der Waals surface area contributed by atoms with Crippen LogP contribution >= 0.6 is 0 Å². The third-order valence-corrected chi connectivity index (χ3v) is 1.69. The van der Waals surface area contributed by atoms with Gasteiger partial charge in [0.05, 0.1) is 20.6 Å². The molecule has 0 spiro atoms. The van der Waals surface area contributed by atoms with Crippen LogP contribution in [-0.2, 0) is 19.1 Å². The number of esters is 2. The van der Waals surface area contributed by atoms with Gasteiger partial charge in [0.1, 0.15) is 0 Å². The Morgan fingerprint density at radius 3 is 2.29 bits per heavy atom. The highest BCUT2D eigenvalue weighted by Crippen LogP contribution is 2.07. The first kappa shape index (κ1) is 12.7. The van der Waals surface area contributed by atoms with Gasteiger partial charge in [-0.3, -0.25) is 4.79 Å². The molecule has 80 valence electrons. The van der Waals surface area contributed by atoms with Gasteiger partial charge in [-0.1, -0.05) is 19.4 Å². The first-order chi connectivity index (χ1) is 6.65. The molecule has 0 bridgehead atoms. The molecule has 0 aliphatic carbocycles. The van der Waals surface area contributed by atoms with Crippen molar-refractivity contribution < 1.29 is 19.1 Å². The number of unbranched alkanes of at least 4 members (excludes halogenated alkanes) is 1. The summed E-state index contributed by atoms with van der Waals surface area (Å²) in [5.74, 6) is -0.901. The first-order valence-corrected chi connectivity index (χ1v) is 4.49. The summed E-state index contributed by atoms with van der Waals surface area (Å²) in [6, 6.07) is 0. The van der Waals surface area contributed by atoms with Gasteiger partial charge in [0.2, 0.25) is 0 Å². The largest absolute Gasteiger partial charge is 0.469 e. The molecule has 0 aliphatic heterocycles. The number of carbonyl (C=O) groups is 2. The molecule has 0 aromatic rings. The fourth-order valence-corrected chi connectivity index (χ4v) is 0.905. The highest BCUT2D eigenvalue weighted by atomic mass is 16.5. The number of methoxy groups -OCH3 is 2. The van der Waals surface area contributed by atoms with E-state index in [2.05, 4.69) is 9.47 Å². The van der Waals surface area contributed by atoms with Crippen LogP contribution in [0.15, 0.2) is 11.6 Å². The van der Waals surface area contributed by atoms with Gasteiger partial charge < -0.3 is 9.47 Å². The average molecular weight is 200 g/mol. The Balaban J connectivity index is 4.39. The summed E-state index contributed by atoms with van der Waals surface area (Å²) in [4.78, 5) is 22.1. The zero-order chi connectivity index (χ0) is 11.0. The minimum Gasteiger partial charge on any atom is -0.469 e. The van der Waals surface area contributed by atoms with Crippen molar-refractivity contribution in [2.24, 2.45) is 0 Å². The van der Waals surface area contributed by atoms with E-state index in [0.717, 1.165) is 12.8 Å². The maximum absolute atomic E-state index is 11.2. The van der Waals surface area contributed by atoms with Gasteiger partial charge in [0.15, 0.2) is 0 Å². The second-order valence-electron chi connectivity index (χ2n) is 2.76. The summed E-state index contributed by atoms with van der Waals surface area (Å²) in [7, 11) is 2.58. The van der Waals surface area contributed by atoms with Crippen LogP contribution in [-0.4, -0.2) is 26.2 Å². The van der Waals surface area contributed by atoms with Crippen LogP contribution < -0.4 is 0 Å². The van der Waals surface area contributed by atoms with E-state index >= 15 is 0 Å². The quantitative estimate of drug-likeness (QED) is 0.498. The maximum atomic E-state index is 11.2. The van der Waals surface area contributed by atoms with Crippen LogP contribution in [0.4, 0.5) is 0 Å². The van der Waals surface area contributed by atoms with E-state index in [-0.39, 0.29) is 6.42 Å². The predicted molar refractivity (Wildman–Crippen MR) is 51.6 cm³/mol. The van der Waals surface area contributed by atoms with Crippen LogP contribution in [0.1, 0.15) is 26.2 Å². The molecule has 0 aromatic heterocycles. The molecule has 0 amide bonds. The van der Waals surface area contributed by atoms with Crippen molar-refractivity contribution in [3.63, 3.8) is 0 Å². The van der Waals surface area contributed by atoms with E-state index in [0.29, 0.717) is 5.57 Å². The van der Waals surface area contributed by atoms with Crippen LogP contribution in [0, 0.1) is 0 Å². The van der Waals surface area contributed by atoms with Gasteiger partial charge in [-0.2, -0.15) is 0 Å². The van der Waals surface area contributed by atoms with E-state index in [1.807, 2.05) is 6.92 Å². The second kappa shape index (κ2) is 7.12. The Hall–Kier alpha value is -1.32. The molecular formula is C10H16O4. The van der Waals surface area contributed by atoms with Gasteiger partial charge in [-0.05, 0) is 6.42 Å². The van der Waals surface area contributed by atoms with E-state index in [1.165, 1.54) is 14.2 Å². The van der Waals surface area contributed by atoms with E-state index in [9.17, 15) is 9.59 Å². The molecule has 4 nitrogen and oxygen atoms in total. The van der Waals surface area contributed by atoms with Gasteiger partial charge in [-0.25, -0.2) is 4.79 Å². The second-order valence-corrected chi connectivity index (χ2v) is 2.76. The lowest BCUT2D eigenvalue weighted by atomic mass is 10.1.